The molecule has 3 heteroatoms. The third-order valence-corrected chi connectivity index (χ3v) is 3.95. The minimum Gasteiger partial charge on any atom is -0.498 e. The van der Waals surface area contributed by atoms with Crippen LogP contribution >= 0.6 is 0 Å². The Labute approximate surface area is 114 Å². The molecule has 0 saturated heterocycles. The van der Waals surface area contributed by atoms with Crippen LogP contribution in [0.4, 0.5) is 0 Å². The highest BCUT2D eigenvalue weighted by atomic mass is 16.5. The van der Waals surface area contributed by atoms with Crippen LogP contribution in [0.1, 0.15) is 12.8 Å². The van der Waals surface area contributed by atoms with Crippen molar-refractivity contribution in [1.82, 2.24) is 5.32 Å². The quantitative estimate of drug-likeness (QED) is 0.843. The molecule has 0 fully saturated rings. The summed E-state index contributed by atoms with van der Waals surface area (Å²) in [5.41, 5.74) is 3.89. The Balaban J connectivity index is 1.85. The van der Waals surface area contributed by atoms with E-state index in [2.05, 4.69) is 41.9 Å². The lowest BCUT2D eigenvalue weighted by Crippen LogP contribution is -2.18. The Morgan fingerprint density at radius 2 is 2.16 bits per heavy atom. The molecule has 0 spiro atoms. The third kappa shape index (κ3) is 2.15. The van der Waals surface area contributed by atoms with Crippen LogP contribution < -0.4 is 5.32 Å². The van der Waals surface area contributed by atoms with E-state index >= 15 is 0 Å². The van der Waals surface area contributed by atoms with E-state index in [0.29, 0.717) is 5.92 Å². The molecule has 0 bridgehead atoms. The molecule has 19 heavy (non-hydrogen) atoms. The highest BCUT2D eigenvalue weighted by Gasteiger charge is 2.28. The monoisotopic (exact) mass is 257 g/mol. The first-order valence-corrected chi connectivity index (χ1v) is 6.65. The smallest absolute Gasteiger partial charge is 0.125 e. The molecule has 1 N–H and O–H groups in total. The van der Waals surface area contributed by atoms with Gasteiger partial charge in [-0.3, -0.25) is 0 Å². The van der Waals surface area contributed by atoms with Crippen molar-refractivity contribution in [3.63, 3.8) is 0 Å². The molecule has 100 valence electrons. The van der Waals surface area contributed by atoms with Gasteiger partial charge in [0, 0.05) is 24.9 Å². The first-order valence-electron chi connectivity index (χ1n) is 6.65. The van der Waals surface area contributed by atoms with Crippen molar-refractivity contribution in [3.05, 3.63) is 59.2 Å². The molecule has 0 radical (unpaired) electrons. The van der Waals surface area contributed by atoms with Gasteiger partial charge in [-0.25, -0.2) is 0 Å². The van der Waals surface area contributed by atoms with Gasteiger partial charge in [-0.1, -0.05) is 18.2 Å². The Kier molecular flexibility index (Phi) is 3.30. The molecule has 2 atom stereocenters. The number of ether oxygens (including phenoxy) is 2. The average Bonchev–Trinajstić information content (AvgIpc) is 2.90. The van der Waals surface area contributed by atoms with Crippen LogP contribution in [-0.4, -0.2) is 20.3 Å². The molecular formula is C16H19NO2. The van der Waals surface area contributed by atoms with Crippen LogP contribution in [0, 0.1) is 5.92 Å². The summed E-state index contributed by atoms with van der Waals surface area (Å²) in [4.78, 5) is 0. The van der Waals surface area contributed by atoms with Crippen LogP contribution in [0.2, 0.25) is 0 Å². The van der Waals surface area contributed by atoms with E-state index in [1.165, 1.54) is 16.8 Å². The van der Waals surface area contributed by atoms with Crippen LogP contribution in [0.25, 0.3) is 0 Å². The molecule has 0 saturated carbocycles. The summed E-state index contributed by atoms with van der Waals surface area (Å²) in [6.07, 6.45) is 14.9. The molecule has 3 rings (SSSR count). The largest absolute Gasteiger partial charge is 0.498 e. The number of nitrogens with one attached hydrogen (secondary N) is 1. The van der Waals surface area contributed by atoms with E-state index in [4.69, 9.17) is 9.47 Å². The van der Waals surface area contributed by atoms with Crippen LogP contribution in [-0.2, 0) is 9.47 Å². The number of allylic oxidation sites excluding steroid dienone is 6. The van der Waals surface area contributed by atoms with Crippen molar-refractivity contribution < 1.29 is 9.47 Å². The number of fused-ring (bicyclic) bond motifs is 1. The van der Waals surface area contributed by atoms with Gasteiger partial charge in [-0.15, -0.1) is 0 Å². The first kappa shape index (κ1) is 12.3. The maximum Gasteiger partial charge on any atom is 0.125 e. The molecule has 2 unspecified atom stereocenters. The predicted molar refractivity (Wildman–Crippen MR) is 75.1 cm³/mol. The number of hydrogen-bond acceptors (Lipinski definition) is 3. The minimum absolute atomic E-state index is 0.0463. The third-order valence-electron chi connectivity index (χ3n) is 3.95. The molecular weight excluding hydrogens is 238 g/mol. The van der Waals surface area contributed by atoms with E-state index < -0.39 is 0 Å². The van der Waals surface area contributed by atoms with Crippen LogP contribution in [0.15, 0.2) is 59.2 Å². The second-order valence-electron chi connectivity index (χ2n) is 4.95. The molecule has 2 aliphatic carbocycles. The fourth-order valence-corrected chi connectivity index (χ4v) is 2.88. The zero-order valence-electron chi connectivity index (χ0n) is 11.3. The van der Waals surface area contributed by atoms with Gasteiger partial charge in [-0.05, 0) is 36.1 Å². The van der Waals surface area contributed by atoms with E-state index in [-0.39, 0.29) is 6.10 Å². The van der Waals surface area contributed by atoms with Gasteiger partial charge in [0.1, 0.15) is 11.9 Å². The predicted octanol–water partition coefficient (Wildman–Crippen LogP) is 2.81. The summed E-state index contributed by atoms with van der Waals surface area (Å²) >= 11 is 0. The van der Waals surface area contributed by atoms with E-state index in [9.17, 15) is 0 Å². The highest BCUT2D eigenvalue weighted by Crippen LogP contribution is 2.37. The lowest BCUT2D eigenvalue weighted by molar-refractivity contribution is 0.0791. The summed E-state index contributed by atoms with van der Waals surface area (Å²) in [5.74, 6) is 1.37. The summed E-state index contributed by atoms with van der Waals surface area (Å²) in [6, 6.07) is 0. The van der Waals surface area contributed by atoms with Gasteiger partial charge in [0.05, 0.1) is 7.11 Å². The normalized spacial score (nSPS) is 28.7. The maximum atomic E-state index is 5.44. The van der Waals surface area contributed by atoms with Crippen molar-refractivity contribution in [2.75, 3.05) is 14.2 Å². The van der Waals surface area contributed by atoms with E-state index in [1.54, 1.807) is 14.2 Å². The fourth-order valence-electron chi connectivity index (χ4n) is 2.88. The molecule has 0 amide bonds. The van der Waals surface area contributed by atoms with Gasteiger partial charge in [0.25, 0.3) is 0 Å². The Bertz CT molecular complexity index is 523. The van der Waals surface area contributed by atoms with Gasteiger partial charge < -0.3 is 14.8 Å². The van der Waals surface area contributed by atoms with E-state index in [0.717, 1.165) is 18.6 Å². The fraction of sp³-hybridized carbons (Fsp3) is 0.375. The summed E-state index contributed by atoms with van der Waals surface area (Å²) < 4.78 is 10.9. The zero-order chi connectivity index (χ0) is 13.2. The molecule has 0 aromatic carbocycles. The van der Waals surface area contributed by atoms with Crippen molar-refractivity contribution in [2.45, 2.75) is 18.9 Å². The number of hydrogen-bond donors (Lipinski definition) is 1. The van der Waals surface area contributed by atoms with Crippen molar-refractivity contribution >= 4 is 0 Å². The highest BCUT2D eigenvalue weighted by molar-refractivity contribution is 5.51. The van der Waals surface area contributed by atoms with Gasteiger partial charge >= 0.3 is 0 Å². The SMILES string of the molecule is COC1=CC(C2=CNC3=CC=CCC32)=CCC1OC. The summed E-state index contributed by atoms with van der Waals surface area (Å²) in [7, 11) is 3.43. The number of methoxy groups -OCH3 is 2. The molecule has 3 nitrogen and oxygen atoms in total. The van der Waals surface area contributed by atoms with Gasteiger partial charge in [-0.2, -0.15) is 0 Å². The average molecular weight is 257 g/mol. The maximum absolute atomic E-state index is 5.44. The molecule has 1 aliphatic heterocycles. The second kappa shape index (κ2) is 5.10. The zero-order valence-corrected chi connectivity index (χ0v) is 11.3. The summed E-state index contributed by atoms with van der Waals surface area (Å²) in [5, 5.41) is 3.37. The lowest BCUT2D eigenvalue weighted by atomic mass is 9.85. The van der Waals surface area contributed by atoms with Crippen LogP contribution in [0.5, 0.6) is 0 Å². The Morgan fingerprint density at radius 1 is 1.26 bits per heavy atom. The molecule has 0 aromatic rings. The summed E-state index contributed by atoms with van der Waals surface area (Å²) in [6.45, 7) is 0. The molecule has 1 heterocycles. The van der Waals surface area contributed by atoms with Crippen molar-refractivity contribution in [1.29, 1.82) is 0 Å². The van der Waals surface area contributed by atoms with E-state index in [1.807, 2.05) is 0 Å². The second-order valence-corrected chi connectivity index (χ2v) is 4.95. The topological polar surface area (TPSA) is 30.5 Å². The van der Waals surface area contributed by atoms with Gasteiger partial charge in [0.15, 0.2) is 0 Å². The standard InChI is InChI=1S/C16H19NO2/c1-18-15-8-7-11(9-16(15)19-2)13-10-17-14-6-4-3-5-12(13)14/h3-4,6-7,9-10,12,15,17H,5,8H2,1-2H3. The number of rotatable bonds is 3. The van der Waals surface area contributed by atoms with Crippen LogP contribution in [0.3, 0.4) is 0 Å². The van der Waals surface area contributed by atoms with Crippen molar-refractivity contribution in [2.24, 2.45) is 5.92 Å². The van der Waals surface area contributed by atoms with Gasteiger partial charge in [0.2, 0.25) is 0 Å². The molecule has 3 aliphatic rings. The Morgan fingerprint density at radius 3 is 2.95 bits per heavy atom. The minimum atomic E-state index is 0.0463. The lowest BCUT2D eigenvalue weighted by Gasteiger charge is -2.24. The Hall–Kier alpha value is -1.74. The first-order chi connectivity index (χ1) is 9.33. The molecule has 0 aromatic heterocycles. The van der Waals surface area contributed by atoms with Crippen molar-refractivity contribution in [3.8, 4) is 0 Å².